The van der Waals surface area contributed by atoms with Crippen molar-refractivity contribution in [2.24, 2.45) is 0 Å². The molecule has 0 saturated carbocycles. The Morgan fingerprint density at radius 1 is 1.22 bits per heavy atom. The zero-order chi connectivity index (χ0) is 12.5. The van der Waals surface area contributed by atoms with Crippen molar-refractivity contribution >= 4 is 16.5 Å². The third-order valence-electron chi connectivity index (χ3n) is 3.88. The fourth-order valence-electron chi connectivity index (χ4n) is 2.91. The average molecular weight is 236 g/mol. The maximum Gasteiger partial charge on any atom is 0.102 e. The van der Waals surface area contributed by atoms with Gasteiger partial charge in [-0.3, -0.25) is 0 Å². The number of nitriles is 1. The number of hydrogen-bond acceptors (Lipinski definition) is 2. The first kappa shape index (κ1) is 11.1. The minimum absolute atomic E-state index is 0.540. The summed E-state index contributed by atoms with van der Waals surface area (Å²) in [4.78, 5) is 2.37. The highest BCUT2D eigenvalue weighted by molar-refractivity contribution is 5.93. The van der Waals surface area contributed by atoms with Gasteiger partial charge >= 0.3 is 0 Å². The van der Waals surface area contributed by atoms with E-state index in [9.17, 15) is 5.26 Å². The number of nitrogens with zero attached hydrogens (tertiary/aromatic N) is 2. The molecule has 1 saturated heterocycles. The van der Waals surface area contributed by atoms with E-state index in [1.807, 2.05) is 18.2 Å². The molecule has 1 aliphatic rings. The molecule has 1 aliphatic heterocycles. The molecule has 90 valence electrons. The van der Waals surface area contributed by atoms with Crippen molar-refractivity contribution in [3.63, 3.8) is 0 Å². The van der Waals surface area contributed by atoms with Crippen LogP contribution < -0.4 is 4.90 Å². The summed E-state index contributed by atoms with van der Waals surface area (Å²) in [6.45, 7) is 3.30. The van der Waals surface area contributed by atoms with Gasteiger partial charge in [-0.25, -0.2) is 0 Å². The van der Waals surface area contributed by atoms with Crippen LogP contribution in [0.5, 0.6) is 0 Å². The molecule has 1 heterocycles. The van der Waals surface area contributed by atoms with Crippen LogP contribution in [0.4, 0.5) is 5.69 Å². The van der Waals surface area contributed by atoms with Crippen molar-refractivity contribution in [2.45, 2.75) is 25.8 Å². The zero-order valence-corrected chi connectivity index (χ0v) is 10.6. The Balaban J connectivity index is 2.21. The van der Waals surface area contributed by atoms with Crippen molar-refractivity contribution in [3.8, 4) is 6.07 Å². The van der Waals surface area contributed by atoms with Crippen molar-refractivity contribution in [3.05, 3.63) is 42.0 Å². The highest BCUT2D eigenvalue weighted by Crippen LogP contribution is 2.32. The SMILES string of the molecule is C[C@H]1CCCN1c1ccc2ccccc2c1C#N. The fourth-order valence-corrected chi connectivity index (χ4v) is 2.91. The number of hydrogen-bond donors (Lipinski definition) is 0. The molecular formula is C16H16N2. The third kappa shape index (κ3) is 1.64. The van der Waals surface area contributed by atoms with E-state index in [1.165, 1.54) is 12.8 Å². The highest BCUT2D eigenvalue weighted by Gasteiger charge is 2.23. The lowest BCUT2D eigenvalue weighted by Gasteiger charge is -2.25. The van der Waals surface area contributed by atoms with Crippen molar-refractivity contribution in [2.75, 3.05) is 11.4 Å². The van der Waals surface area contributed by atoms with Gasteiger partial charge in [-0.15, -0.1) is 0 Å². The van der Waals surface area contributed by atoms with Crippen LogP contribution in [-0.4, -0.2) is 12.6 Å². The van der Waals surface area contributed by atoms with Gasteiger partial charge in [0, 0.05) is 18.0 Å². The standard InChI is InChI=1S/C16H16N2/c1-12-5-4-10-18(12)16-9-8-13-6-2-3-7-14(13)15(16)11-17/h2-3,6-9,12H,4-5,10H2,1H3/t12-/m0/s1. The second kappa shape index (κ2) is 4.34. The van der Waals surface area contributed by atoms with E-state index in [4.69, 9.17) is 0 Å². The normalized spacial score (nSPS) is 19.1. The lowest BCUT2D eigenvalue weighted by Crippen LogP contribution is -2.27. The van der Waals surface area contributed by atoms with Gasteiger partial charge in [-0.1, -0.05) is 30.3 Å². The number of anilines is 1. The molecule has 0 aromatic heterocycles. The molecule has 0 unspecified atom stereocenters. The van der Waals surface area contributed by atoms with Crippen LogP contribution in [0, 0.1) is 11.3 Å². The van der Waals surface area contributed by atoms with Gasteiger partial charge in [0.25, 0.3) is 0 Å². The molecule has 2 aromatic carbocycles. The summed E-state index contributed by atoms with van der Waals surface area (Å²) in [6.07, 6.45) is 2.44. The lowest BCUT2D eigenvalue weighted by atomic mass is 10.0. The van der Waals surface area contributed by atoms with Crippen LogP contribution in [0.3, 0.4) is 0 Å². The van der Waals surface area contributed by atoms with E-state index >= 15 is 0 Å². The third-order valence-corrected chi connectivity index (χ3v) is 3.88. The van der Waals surface area contributed by atoms with Gasteiger partial charge in [0.2, 0.25) is 0 Å². The first-order valence-corrected chi connectivity index (χ1v) is 6.50. The monoisotopic (exact) mass is 236 g/mol. The predicted molar refractivity (Wildman–Crippen MR) is 74.7 cm³/mol. The lowest BCUT2D eigenvalue weighted by molar-refractivity contribution is 0.735. The average Bonchev–Trinajstić information content (AvgIpc) is 2.83. The molecule has 3 rings (SSSR count). The quantitative estimate of drug-likeness (QED) is 0.755. The van der Waals surface area contributed by atoms with E-state index in [2.05, 4.69) is 36.1 Å². The topological polar surface area (TPSA) is 27.0 Å². The van der Waals surface area contributed by atoms with Gasteiger partial charge in [-0.2, -0.15) is 5.26 Å². The Kier molecular flexibility index (Phi) is 2.68. The van der Waals surface area contributed by atoms with Gasteiger partial charge in [-0.05, 0) is 31.2 Å². The fraction of sp³-hybridized carbons (Fsp3) is 0.312. The number of rotatable bonds is 1. The van der Waals surface area contributed by atoms with Gasteiger partial charge in [0.05, 0.1) is 11.3 Å². The van der Waals surface area contributed by atoms with Crippen molar-refractivity contribution in [1.82, 2.24) is 0 Å². The van der Waals surface area contributed by atoms with Gasteiger partial charge < -0.3 is 4.90 Å². The first-order valence-electron chi connectivity index (χ1n) is 6.50. The Hall–Kier alpha value is -2.01. The van der Waals surface area contributed by atoms with Crippen LogP contribution in [0.15, 0.2) is 36.4 Å². The van der Waals surface area contributed by atoms with Crippen LogP contribution in [0.25, 0.3) is 10.8 Å². The van der Waals surface area contributed by atoms with E-state index in [-0.39, 0.29) is 0 Å². The van der Waals surface area contributed by atoms with Gasteiger partial charge in [0.1, 0.15) is 6.07 Å². The second-order valence-electron chi connectivity index (χ2n) is 4.98. The Labute approximate surface area is 107 Å². The van der Waals surface area contributed by atoms with Gasteiger partial charge in [0.15, 0.2) is 0 Å². The summed E-state index contributed by atoms with van der Waals surface area (Å²) in [5, 5.41) is 11.7. The van der Waals surface area contributed by atoms with Crippen LogP contribution in [0.2, 0.25) is 0 Å². The molecule has 0 spiro atoms. The minimum atomic E-state index is 0.540. The van der Waals surface area contributed by atoms with E-state index < -0.39 is 0 Å². The molecule has 1 atom stereocenters. The summed E-state index contributed by atoms with van der Waals surface area (Å²) in [5.41, 5.74) is 1.92. The molecule has 0 bridgehead atoms. The highest BCUT2D eigenvalue weighted by atomic mass is 15.2. The number of benzene rings is 2. The number of fused-ring (bicyclic) bond motifs is 1. The van der Waals surface area contributed by atoms with Crippen LogP contribution >= 0.6 is 0 Å². The predicted octanol–water partition coefficient (Wildman–Crippen LogP) is 3.70. The molecule has 0 N–H and O–H groups in total. The summed E-state index contributed by atoms with van der Waals surface area (Å²) in [6, 6.07) is 15.3. The van der Waals surface area contributed by atoms with Crippen LogP contribution in [0.1, 0.15) is 25.3 Å². The Bertz CT molecular complexity index is 625. The smallest absolute Gasteiger partial charge is 0.102 e. The maximum absolute atomic E-state index is 9.49. The molecule has 0 radical (unpaired) electrons. The molecule has 2 aromatic rings. The summed E-state index contributed by atoms with van der Waals surface area (Å²) >= 11 is 0. The molecule has 18 heavy (non-hydrogen) atoms. The molecule has 0 amide bonds. The summed E-state index contributed by atoms with van der Waals surface area (Å²) in [5.74, 6) is 0. The van der Waals surface area contributed by atoms with E-state index in [0.717, 1.165) is 28.6 Å². The minimum Gasteiger partial charge on any atom is -0.368 e. The molecule has 1 fully saturated rings. The van der Waals surface area contributed by atoms with Crippen LogP contribution in [-0.2, 0) is 0 Å². The molecular weight excluding hydrogens is 220 g/mol. The Morgan fingerprint density at radius 3 is 2.78 bits per heavy atom. The molecule has 0 aliphatic carbocycles. The van der Waals surface area contributed by atoms with E-state index in [0.29, 0.717) is 6.04 Å². The maximum atomic E-state index is 9.49. The zero-order valence-electron chi connectivity index (χ0n) is 10.6. The molecule has 2 nitrogen and oxygen atoms in total. The first-order chi connectivity index (χ1) is 8.81. The largest absolute Gasteiger partial charge is 0.368 e. The van der Waals surface area contributed by atoms with Crippen molar-refractivity contribution < 1.29 is 0 Å². The Morgan fingerprint density at radius 2 is 2.06 bits per heavy atom. The van der Waals surface area contributed by atoms with Crippen molar-refractivity contribution in [1.29, 1.82) is 5.26 Å². The van der Waals surface area contributed by atoms with E-state index in [1.54, 1.807) is 0 Å². The summed E-state index contributed by atoms with van der Waals surface area (Å²) < 4.78 is 0. The second-order valence-corrected chi connectivity index (χ2v) is 4.98. The molecule has 2 heteroatoms. The summed E-state index contributed by atoms with van der Waals surface area (Å²) in [7, 11) is 0.